The van der Waals surface area contributed by atoms with E-state index in [9.17, 15) is 4.21 Å². The number of aromatic nitrogens is 1. The Morgan fingerprint density at radius 2 is 2.17 bits per heavy atom. The molecule has 0 amide bonds. The number of thiazole rings is 1. The van der Waals surface area contributed by atoms with Gasteiger partial charge in [0.05, 0.1) is 11.2 Å². The average molecular weight is 280 g/mol. The largest absolute Gasteiger partial charge is 0.303 e. The van der Waals surface area contributed by atoms with Crippen molar-refractivity contribution in [3.8, 4) is 0 Å². The van der Waals surface area contributed by atoms with Crippen LogP contribution in [0.3, 0.4) is 0 Å². The molecule has 0 radical (unpaired) electrons. The minimum atomic E-state index is -0.825. The van der Waals surface area contributed by atoms with Gasteiger partial charge in [0.25, 0.3) is 0 Å². The second kappa shape index (κ2) is 6.78. The maximum Gasteiger partial charge on any atom is 0.0795 e. The molecular formula is C13H16N2OS2. The van der Waals surface area contributed by atoms with Crippen LogP contribution in [0.2, 0.25) is 0 Å². The second-order valence-electron chi connectivity index (χ2n) is 4.06. The van der Waals surface area contributed by atoms with Crippen molar-refractivity contribution in [2.24, 2.45) is 0 Å². The van der Waals surface area contributed by atoms with Crippen molar-refractivity contribution >= 4 is 22.1 Å². The summed E-state index contributed by atoms with van der Waals surface area (Å²) in [5, 5.41) is 5.45. The minimum absolute atomic E-state index is 0.110. The fourth-order valence-corrected chi connectivity index (χ4v) is 3.08. The zero-order valence-corrected chi connectivity index (χ0v) is 11.8. The van der Waals surface area contributed by atoms with Crippen LogP contribution >= 0.6 is 11.3 Å². The van der Waals surface area contributed by atoms with Crippen molar-refractivity contribution in [3.05, 3.63) is 52.5 Å². The van der Waals surface area contributed by atoms with Gasteiger partial charge in [-0.15, -0.1) is 11.3 Å². The summed E-state index contributed by atoms with van der Waals surface area (Å²) in [6.45, 7) is 0.709. The molecule has 2 rings (SSSR count). The SMILES string of the molecule is C[S@@](=O)C[C@H](NCc1cscn1)c1ccccc1. The van der Waals surface area contributed by atoms with Gasteiger partial charge in [-0.1, -0.05) is 30.3 Å². The first-order valence-corrected chi connectivity index (χ1v) is 8.38. The van der Waals surface area contributed by atoms with E-state index in [1.54, 1.807) is 17.6 Å². The molecule has 5 heteroatoms. The van der Waals surface area contributed by atoms with Gasteiger partial charge in [0.1, 0.15) is 0 Å². The van der Waals surface area contributed by atoms with Gasteiger partial charge in [-0.25, -0.2) is 4.98 Å². The topological polar surface area (TPSA) is 42.0 Å². The maximum absolute atomic E-state index is 11.4. The lowest BCUT2D eigenvalue weighted by Gasteiger charge is -2.17. The van der Waals surface area contributed by atoms with Crippen molar-refractivity contribution in [2.45, 2.75) is 12.6 Å². The highest BCUT2D eigenvalue weighted by molar-refractivity contribution is 7.84. The molecule has 1 aromatic carbocycles. The molecule has 18 heavy (non-hydrogen) atoms. The van der Waals surface area contributed by atoms with Gasteiger partial charge in [-0.05, 0) is 5.56 Å². The van der Waals surface area contributed by atoms with Gasteiger partial charge < -0.3 is 5.32 Å². The first-order chi connectivity index (χ1) is 8.75. The third kappa shape index (κ3) is 4.01. The van der Waals surface area contributed by atoms with Gasteiger partial charge in [0, 0.05) is 40.8 Å². The molecular weight excluding hydrogens is 264 g/mol. The van der Waals surface area contributed by atoms with Crippen LogP contribution < -0.4 is 5.32 Å². The van der Waals surface area contributed by atoms with Crippen LogP contribution in [0.1, 0.15) is 17.3 Å². The van der Waals surface area contributed by atoms with Crippen molar-refractivity contribution in [1.82, 2.24) is 10.3 Å². The highest BCUT2D eigenvalue weighted by Gasteiger charge is 2.12. The molecule has 1 aromatic heterocycles. The molecule has 0 aliphatic heterocycles. The standard InChI is InChI=1S/C13H16N2OS2/c1-18(16)9-13(11-5-3-2-4-6-11)14-7-12-8-17-10-15-12/h2-6,8,10,13-14H,7,9H2,1H3/t13-,18+/m0/s1. The molecule has 0 unspecified atom stereocenters. The third-order valence-corrected chi connectivity index (χ3v) is 4.05. The van der Waals surface area contributed by atoms with E-state index in [2.05, 4.69) is 22.4 Å². The van der Waals surface area contributed by atoms with Crippen molar-refractivity contribution in [3.63, 3.8) is 0 Å². The summed E-state index contributed by atoms with van der Waals surface area (Å²) in [5.74, 6) is 0.619. The Kier molecular flexibility index (Phi) is 5.04. The fourth-order valence-electron chi connectivity index (χ4n) is 1.75. The van der Waals surface area contributed by atoms with Crippen molar-refractivity contribution in [1.29, 1.82) is 0 Å². The van der Waals surface area contributed by atoms with Crippen LogP contribution in [0.5, 0.6) is 0 Å². The van der Waals surface area contributed by atoms with E-state index in [-0.39, 0.29) is 6.04 Å². The summed E-state index contributed by atoms with van der Waals surface area (Å²) in [6, 6.07) is 10.2. The van der Waals surface area contributed by atoms with Crippen molar-refractivity contribution < 1.29 is 4.21 Å². The predicted molar refractivity (Wildman–Crippen MR) is 77.1 cm³/mol. The van der Waals surface area contributed by atoms with E-state index in [1.165, 1.54) is 5.56 Å². The second-order valence-corrected chi connectivity index (χ2v) is 6.26. The number of hydrogen-bond acceptors (Lipinski definition) is 4. The number of rotatable bonds is 6. The Morgan fingerprint density at radius 1 is 1.39 bits per heavy atom. The Bertz CT molecular complexity index is 485. The lowest BCUT2D eigenvalue weighted by Crippen LogP contribution is -2.25. The predicted octanol–water partition coefficient (Wildman–Crippen LogP) is 2.35. The van der Waals surface area contributed by atoms with Crippen LogP contribution in [0.15, 0.2) is 41.2 Å². The zero-order chi connectivity index (χ0) is 12.8. The van der Waals surface area contributed by atoms with Crippen LogP contribution in [0, 0.1) is 0 Å². The summed E-state index contributed by atoms with van der Waals surface area (Å²) in [7, 11) is -0.825. The first kappa shape index (κ1) is 13.4. The number of hydrogen-bond donors (Lipinski definition) is 1. The molecule has 0 saturated heterocycles. The highest BCUT2D eigenvalue weighted by Crippen LogP contribution is 2.14. The van der Waals surface area contributed by atoms with Gasteiger partial charge in [-0.3, -0.25) is 4.21 Å². The Hall–Kier alpha value is -1.04. The Balaban J connectivity index is 2.03. The fraction of sp³-hybridized carbons (Fsp3) is 0.308. The molecule has 96 valence electrons. The molecule has 0 fully saturated rings. The van der Waals surface area contributed by atoms with Crippen LogP contribution in [-0.2, 0) is 17.3 Å². The smallest absolute Gasteiger partial charge is 0.0795 e. The van der Waals surface area contributed by atoms with E-state index in [0.29, 0.717) is 12.3 Å². The summed E-state index contributed by atoms with van der Waals surface area (Å²) in [5.41, 5.74) is 4.03. The van der Waals surface area contributed by atoms with Crippen LogP contribution in [0.4, 0.5) is 0 Å². The molecule has 1 heterocycles. The Labute approximate surface area is 114 Å². The summed E-state index contributed by atoms with van der Waals surface area (Å²) >= 11 is 1.59. The molecule has 0 aliphatic carbocycles. The van der Waals surface area contributed by atoms with Crippen LogP contribution in [-0.4, -0.2) is 21.2 Å². The Morgan fingerprint density at radius 3 is 2.78 bits per heavy atom. The van der Waals surface area contributed by atoms with E-state index in [0.717, 1.165) is 5.69 Å². The first-order valence-electron chi connectivity index (χ1n) is 5.71. The quantitative estimate of drug-likeness (QED) is 0.883. The molecule has 0 spiro atoms. The van der Waals surface area contributed by atoms with E-state index in [4.69, 9.17) is 0 Å². The molecule has 2 atom stereocenters. The molecule has 2 aromatic rings. The number of nitrogens with one attached hydrogen (secondary N) is 1. The number of nitrogens with zero attached hydrogens (tertiary/aromatic N) is 1. The van der Waals surface area contributed by atoms with Gasteiger partial charge in [0.2, 0.25) is 0 Å². The molecule has 0 saturated carbocycles. The van der Waals surface area contributed by atoms with Gasteiger partial charge in [0.15, 0.2) is 0 Å². The summed E-state index contributed by atoms with van der Waals surface area (Å²) in [6.07, 6.45) is 1.74. The van der Waals surface area contributed by atoms with E-state index in [1.807, 2.05) is 29.1 Å². The van der Waals surface area contributed by atoms with Gasteiger partial charge in [-0.2, -0.15) is 0 Å². The monoisotopic (exact) mass is 280 g/mol. The zero-order valence-electron chi connectivity index (χ0n) is 10.2. The molecule has 1 N–H and O–H groups in total. The van der Waals surface area contributed by atoms with E-state index < -0.39 is 10.8 Å². The average Bonchev–Trinajstić information content (AvgIpc) is 2.88. The lowest BCUT2D eigenvalue weighted by molar-refractivity contribution is 0.569. The number of benzene rings is 1. The van der Waals surface area contributed by atoms with E-state index >= 15 is 0 Å². The van der Waals surface area contributed by atoms with Crippen molar-refractivity contribution in [2.75, 3.05) is 12.0 Å². The molecule has 0 bridgehead atoms. The maximum atomic E-state index is 11.4. The molecule has 0 aliphatic rings. The highest BCUT2D eigenvalue weighted by atomic mass is 32.2. The van der Waals surface area contributed by atoms with Gasteiger partial charge >= 0.3 is 0 Å². The normalized spacial score (nSPS) is 14.3. The summed E-state index contributed by atoms with van der Waals surface area (Å²) in [4.78, 5) is 4.24. The molecule has 3 nitrogen and oxygen atoms in total. The third-order valence-electron chi connectivity index (χ3n) is 2.62. The van der Waals surface area contributed by atoms with Crippen LogP contribution in [0.25, 0.3) is 0 Å². The minimum Gasteiger partial charge on any atom is -0.303 e. The summed E-state index contributed by atoms with van der Waals surface area (Å²) < 4.78 is 11.4. The lowest BCUT2D eigenvalue weighted by atomic mass is 10.1.